The van der Waals surface area contributed by atoms with E-state index in [1.165, 1.54) is 0 Å². The number of amidine groups is 1. The molecule has 1 unspecified atom stereocenters. The van der Waals surface area contributed by atoms with Gasteiger partial charge in [0.2, 0.25) is 0 Å². The van der Waals surface area contributed by atoms with Crippen LogP contribution in [0.3, 0.4) is 0 Å². The molecule has 0 amide bonds. The summed E-state index contributed by atoms with van der Waals surface area (Å²) in [6.07, 6.45) is 0. The Hall–Kier alpha value is -0.770. The topological polar surface area (TPSA) is 61.8 Å². The van der Waals surface area contributed by atoms with Crippen LogP contribution in [0.2, 0.25) is 0 Å². The highest BCUT2D eigenvalue weighted by molar-refractivity contribution is 5.84. The van der Waals surface area contributed by atoms with Gasteiger partial charge in [-0.1, -0.05) is 19.0 Å². The van der Waals surface area contributed by atoms with E-state index in [9.17, 15) is 0 Å². The molecule has 1 atom stereocenters. The Kier molecular flexibility index (Phi) is 4.61. The molecule has 0 spiro atoms. The molecule has 0 fully saturated rings. The van der Waals surface area contributed by atoms with Crippen LogP contribution >= 0.6 is 0 Å². The molecule has 4 nitrogen and oxygen atoms in total. The van der Waals surface area contributed by atoms with Crippen molar-refractivity contribution in [3.8, 4) is 0 Å². The molecular weight excluding hydrogens is 142 g/mol. The van der Waals surface area contributed by atoms with Gasteiger partial charge in [-0.25, -0.2) is 0 Å². The predicted molar refractivity (Wildman–Crippen MR) is 45.8 cm³/mol. The lowest BCUT2D eigenvalue weighted by Crippen LogP contribution is -2.42. The molecule has 0 aliphatic rings. The summed E-state index contributed by atoms with van der Waals surface area (Å²) < 4.78 is 0. The number of rotatable bonds is 4. The quantitative estimate of drug-likeness (QED) is 0.271. The van der Waals surface area contributed by atoms with Gasteiger partial charge in [-0.15, -0.1) is 0 Å². The number of oxime groups is 1. The van der Waals surface area contributed by atoms with Crippen LogP contribution in [0, 0.1) is 0 Å². The van der Waals surface area contributed by atoms with Crippen molar-refractivity contribution in [3.63, 3.8) is 0 Å². The summed E-state index contributed by atoms with van der Waals surface area (Å²) in [5.74, 6) is 0.272. The molecule has 0 aromatic rings. The number of hydrogen-bond acceptors (Lipinski definition) is 3. The van der Waals surface area contributed by atoms with E-state index < -0.39 is 0 Å². The third-order valence-electron chi connectivity index (χ3n) is 1.90. The monoisotopic (exact) mass is 159 g/mol. The lowest BCUT2D eigenvalue weighted by atomic mass is 10.2. The van der Waals surface area contributed by atoms with Crippen LogP contribution in [-0.2, 0) is 0 Å². The Bertz CT molecular complexity index is 132. The first kappa shape index (κ1) is 10.2. The van der Waals surface area contributed by atoms with Crippen molar-refractivity contribution in [1.82, 2.24) is 4.90 Å². The van der Waals surface area contributed by atoms with Gasteiger partial charge in [-0.2, -0.15) is 0 Å². The molecule has 0 radical (unpaired) electrons. The first-order valence-corrected chi connectivity index (χ1v) is 3.88. The van der Waals surface area contributed by atoms with Gasteiger partial charge >= 0.3 is 0 Å². The SMILES string of the molecule is CCN(CC)C(C)/C(N)=N/O. The van der Waals surface area contributed by atoms with E-state index in [1.807, 2.05) is 20.8 Å². The Labute approximate surface area is 67.7 Å². The second kappa shape index (κ2) is 4.96. The number of hydrogen-bond donors (Lipinski definition) is 2. The molecule has 0 aromatic heterocycles. The normalized spacial score (nSPS) is 15.5. The summed E-state index contributed by atoms with van der Waals surface area (Å²) in [6.45, 7) is 7.83. The van der Waals surface area contributed by atoms with Crippen molar-refractivity contribution in [2.75, 3.05) is 13.1 Å². The summed E-state index contributed by atoms with van der Waals surface area (Å²) >= 11 is 0. The lowest BCUT2D eigenvalue weighted by molar-refractivity contribution is 0.265. The Morgan fingerprint density at radius 1 is 1.55 bits per heavy atom. The van der Waals surface area contributed by atoms with Crippen LogP contribution in [0.4, 0.5) is 0 Å². The third-order valence-corrected chi connectivity index (χ3v) is 1.90. The van der Waals surface area contributed by atoms with Crippen LogP contribution in [0.1, 0.15) is 20.8 Å². The van der Waals surface area contributed by atoms with Crippen LogP contribution in [-0.4, -0.2) is 35.1 Å². The van der Waals surface area contributed by atoms with Crippen molar-refractivity contribution in [1.29, 1.82) is 0 Å². The molecule has 0 heterocycles. The van der Waals surface area contributed by atoms with E-state index in [4.69, 9.17) is 10.9 Å². The number of likely N-dealkylation sites (N-methyl/N-ethyl adjacent to an activating group) is 1. The second-order valence-corrected chi connectivity index (χ2v) is 2.42. The van der Waals surface area contributed by atoms with Crippen molar-refractivity contribution in [2.45, 2.75) is 26.8 Å². The largest absolute Gasteiger partial charge is 0.409 e. The zero-order chi connectivity index (χ0) is 8.85. The molecular formula is C7H17N3O. The maximum Gasteiger partial charge on any atom is 0.156 e. The summed E-state index contributed by atoms with van der Waals surface area (Å²) in [6, 6.07) is 0.0231. The van der Waals surface area contributed by atoms with E-state index in [1.54, 1.807) is 0 Å². The van der Waals surface area contributed by atoms with Gasteiger partial charge in [0.05, 0.1) is 6.04 Å². The number of nitrogens with two attached hydrogens (primary N) is 1. The van der Waals surface area contributed by atoms with Gasteiger partial charge in [-0.05, 0) is 20.0 Å². The maximum atomic E-state index is 8.38. The van der Waals surface area contributed by atoms with Crippen molar-refractivity contribution >= 4 is 5.84 Å². The van der Waals surface area contributed by atoms with Gasteiger partial charge in [0, 0.05) is 0 Å². The minimum atomic E-state index is 0.0231. The van der Waals surface area contributed by atoms with Crippen LogP contribution in [0.15, 0.2) is 5.16 Å². The average molecular weight is 159 g/mol. The Balaban J connectivity index is 4.08. The highest BCUT2D eigenvalue weighted by Gasteiger charge is 2.13. The second-order valence-electron chi connectivity index (χ2n) is 2.42. The van der Waals surface area contributed by atoms with Crippen molar-refractivity contribution in [3.05, 3.63) is 0 Å². The predicted octanol–water partition coefficient (Wildman–Crippen LogP) is 0.463. The van der Waals surface area contributed by atoms with Crippen LogP contribution < -0.4 is 5.73 Å². The minimum absolute atomic E-state index is 0.0231. The van der Waals surface area contributed by atoms with Gasteiger partial charge in [0.15, 0.2) is 5.84 Å². The summed E-state index contributed by atoms with van der Waals surface area (Å²) in [5.41, 5.74) is 5.43. The molecule has 0 saturated heterocycles. The van der Waals surface area contributed by atoms with E-state index in [0.29, 0.717) is 0 Å². The van der Waals surface area contributed by atoms with E-state index in [0.717, 1.165) is 13.1 Å². The lowest BCUT2D eigenvalue weighted by Gasteiger charge is -2.24. The van der Waals surface area contributed by atoms with E-state index >= 15 is 0 Å². The van der Waals surface area contributed by atoms with Crippen molar-refractivity contribution in [2.24, 2.45) is 10.9 Å². The molecule has 0 bridgehead atoms. The van der Waals surface area contributed by atoms with Gasteiger partial charge in [0.25, 0.3) is 0 Å². The van der Waals surface area contributed by atoms with Crippen LogP contribution in [0.5, 0.6) is 0 Å². The zero-order valence-corrected chi connectivity index (χ0v) is 7.41. The Morgan fingerprint density at radius 3 is 2.27 bits per heavy atom. The fraction of sp³-hybridized carbons (Fsp3) is 0.857. The van der Waals surface area contributed by atoms with Crippen molar-refractivity contribution < 1.29 is 5.21 Å². The fourth-order valence-electron chi connectivity index (χ4n) is 1.04. The van der Waals surface area contributed by atoms with Gasteiger partial charge in [-0.3, -0.25) is 4.90 Å². The summed E-state index contributed by atoms with van der Waals surface area (Å²) in [7, 11) is 0. The Morgan fingerprint density at radius 2 is 2.00 bits per heavy atom. The third kappa shape index (κ3) is 2.76. The molecule has 0 rings (SSSR count). The molecule has 4 heteroatoms. The minimum Gasteiger partial charge on any atom is -0.409 e. The van der Waals surface area contributed by atoms with Crippen LogP contribution in [0.25, 0.3) is 0 Å². The molecule has 0 aromatic carbocycles. The highest BCUT2D eigenvalue weighted by Crippen LogP contribution is 1.97. The average Bonchev–Trinajstić information content (AvgIpc) is 2.05. The molecule has 0 aliphatic carbocycles. The highest BCUT2D eigenvalue weighted by atomic mass is 16.4. The number of nitrogens with zero attached hydrogens (tertiary/aromatic N) is 2. The molecule has 0 saturated carbocycles. The summed E-state index contributed by atoms with van der Waals surface area (Å²) in [5, 5.41) is 11.3. The maximum absolute atomic E-state index is 8.38. The molecule has 3 N–H and O–H groups in total. The summed E-state index contributed by atoms with van der Waals surface area (Å²) in [4.78, 5) is 2.11. The molecule has 11 heavy (non-hydrogen) atoms. The zero-order valence-electron chi connectivity index (χ0n) is 7.41. The smallest absolute Gasteiger partial charge is 0.156 e. The fourth-order valence-corrected chi connectivity index (χ4v) is 1.04. The first-order chi connectivity index (χ1) is 5.17. The van der Waals surface area contributed by atoms with Gasteiger partial charge in [0.1, 0.15) is 0 Å². The van der Waals surface area contributed by atoms with E-state index in [-0.39, 0.29) is 11.9 Å². The van der Waals surface area contributed by atoms with E-state index in [2.05, 4.69) is 10.1 Å². The van der Waals surface area contributed by atoms with Gasteiger partial charge < -0.3 is 10.9 Å². The molecule has 66 valence electrons. The standard InChI is InChI=1S/C7H17N3O/c1-4-10(5-2)6(3)7(8)9-11/h6,11H,4-5H2,1-3H3,(H2,8,9). The first-order valence-electron chi connectivity index (χ1n) is 3.88. The molecule has 0 aliphatic heterocycles.